The monoisotopic (exact) mass is 438 g/mol. The molecule has 1 N–H and O–H groups in total. The average molecular weight is 439 g/mol. The first-order valence-corrected chi connectivity index (χ1v) is 9.60. The number of Topliss-reactive ketones (excluding diaryl/α,β-unsaturated/α-hetero) is 1. The number of hydrogen-bond donors (Lipinski definition) is 1. The number of nitrogens with zero attached hydrogens (tertiary/aromatic N) is 2. The average Bonchev–Trinajstić information content (AvgIpc) is 3.05. The molecule has 1 aromatic heterocycles. The maximum atomic E-state index is 13.9. The van der Waals surface area contributed by atoms with Gasteiger partial charge in [0.1, 0.15) is 17.3 Å². The predicted octanol–water partition coefficient (Wildman–Crippen LogP) is 4.51. The lowest BCUT2D eigenvalue weighted by Gasteiger charge is -2.25. The van der Waals surface area contributed by atoms with Crippen molar-refractivity contribution in [3.63, 3.8) is 0 Å². The summed E-state index contributed by atoms with van der Waals surface area (Å²) < 4.78 is 19.1. The largest absolute Gasteiger partial charge is 0.507 e. The second-order valence-electron chi connectivity index (χ2n) is 6.78. The van der Waals surface area contributed by atoms with E-state index in [2.05, 4.69) is 4.98 Å². The third-order valence-corrected chi connectivity index (χ3v) is 5.22. The zero-order valence-electron chi connectivity index (χ0n) is 16.3. The van der Waals surface area contributed by atoms with Crippen molar-refractivity contribution in [2.24, 2.45) is 0 Å². The van der Waals surface area contributed by atoms with Gasteiger partial charge in [0.25, 0.3) is 11.7 Å². The molecule has 4 rings (SSSR count). The predicted molar refractivity (Wildman–Crippen MR) is 113 cm³/mol. The third-order valence-electron chi connectivity index (χ3n) is 4.97. The number of carbonyl (C=O) groups is 2. The molecule has 1 amide bonds. The zero-order valence-corrected chi connectivity index (χ0v) is 17.0. The summed E-state index contributed by atoms with van der Waals surface area (Å²) in [6.45, 7) is 0. The maximum Gasteiger partial charge on any atom is 0.300 e. The van der Waals surface area contributed by atoms with Gasteiger partial charge in [-0.3, -0.25) is 19.5 Å². The summed E-state index contributed by atoms with van der Waals surface area (Å²) in [5.41, 5.74) is 0.668. The zero-order chi connectivity index (χ0) is 22.1. The van der Waals surface area contributed by atoms with Gasteiger partial charge in [-0.15, -0.1) is 0 Å². The normalized spacial score (nSPS) is 17.8. The van der Waals surface area contributed by atoms with Crippen LogP contribution in [0.25, 0.3) is 5.76 Å². The second-order valence-corrected chi connectivity index (χ2v) is 7.21. The van der Waals surface area contributed by atoms with Crippen molar-refractivity contribution >= 4 is 34.7 Å². The fraction of sp³-hybridized carbons (Fsp3) is 0.0870. The van der Waals surface area contributed by atoms with E-state index in [1.54, 1.807) is 42.6 Å². The number of halogens is 2. The Bertz CT molecular complexity index is 1200. The number of ether oxygens (including phenoxy) is 1. The van der Waals surface area contributed by atoms with Crippen molar-refractivity contribution in [1.29, 1.82) is 0 Å². The quantitative estimate of drug-likeness (QED) is 0.368. The topological polar surface area (TPSA) is 79.7 Å². The fourth-order valence-electron chi connectivity index (χ4n) is 3.56. The van der Waals surface area contributed by atoms with Crippen LogP contribution in [-0.4, -0.2) is 28.9 Å². The van der Waals surface area contributed by atoms with Crippen LogP contribution in [0.4, 0.5) is 10.1 Å². The molecule has 8 heteroatoms. The van der Waals surface area contributed by atoms with Crippen molar-refractivity contribution in [3.8, 4) is 5.75 Å². The molecule has 1 atom stereocenters. The number of anilines is 1. The van der Waals surface area contributed by atoms with Gasteiger partial charge in [0.05, 0.1) is 24.3 Å². The number of amides is 1. The van der Waals surface area contributed by atoms with Gasteiger partial charge in [-0.2, -0.15) is 0 Å². The van der Waals surface area contributed by atoms with Gasteiger partial charge in [-0.25, -0.2) is 4.39 Å². The van der Waals surface area contributed by atoms with Crippen LogP contribution in [-0.2, 0) is 9.59 Å². The minimum atomic E-state index is -0.983. The van der Waals surface area contributed by atoms with E-state index in [4.69, 9.17) is 16.3 Å². The molecule has 2 heterocycles. The van der Waals surface area contributed by atoms with Crippen LogP contribution in [0.5, 0.6) is 5.75 Å². The summed E-state index contributed by atoms with van der Waals surface area (Å²) in [7, 11) is 1.36. The summed E-state index contributed by atoms with van der Waals surface area (Å²) in [5, 5.41) is 11.5. The number of methoxy groups -OCH3 is 1. The van der Waals surface area contributed by atoms with Crippen molar-refractivity contribution in [2.45, 2.75) is 6.04 Å². The first-order chi connectivity index (χ1) is 14.9. The minimum absolute atomic E-state index is 0.0366. The molecule has 1 saturated heterocycles. The number of pyridine rings is 1. The Labute approximate surface area is 182 Å². The van der Waals surface area contributed by atoms with Crippen molar-refractivity contribution < 1.29 is 23.8 Å². The SMILES string of the molecule is COc1ccc(F)cc1/C(O)=C1\C(=O)C(=O)N(c2ccc(Cl)cc2)C1c1cccnc1. The molecule has 156 valence electrons. The van der Waals surface area contributed by atoms with Gasteiger partial charge in [0.15, 0.2) is 0 Å². The van der Waals surface area contributed by atoms with Gasteiger partial charge in [0, 0.05) is 23.1 Å². The van der Waals surface area contributed by atoms with Gasteiger partial charge < -0.3 is 9.84 Å². The first kappa shape index (κ1) is 20.6. The number of carbonyl (C=O) groups excluding carboxylic acids is 2. The van der Waals surface area contributed by atoms with Crippen LogP contribution >= 0.6 is 11.6 Å². The van der Waals surface area contributed by atoms with Gasteiger partial charge >= 0.3 is 0 Å². The van der Waals surface area contributed by atoms with Crippen LogP contribution in [0.3, 0.4) is 0 Å². The molecule has 1 fully saturated rings. The molecule has 2 aromatic carbocycles. The molecule has 1 aliphatic heterocycles. The highest BCUT2D eigenvalue weighted by Crippen LogP contribution is 2.43. The molecule has 3 aromatic rings. The van der Waals surface area contributed by atoms with E-state index in [9.17, 15) is 19.1 Å². The van der Waals surface area contributed by atoms with E-state index < -0.39 is 29.3 Å². The summed E-state index contributed by atoms with van der Waals surface area (Å²) in [5.74, 6) is -2.77. The van der Waals surface area contributed by atoms with Crippen molar-refractivity contribution in [3.05, 3.63) is 94.5 Å². The van der Waals surface area contributed by atoms with Gasteiger partial charge in [-0.05, 0) is 54.1 Å². The molecule has 0 spiro atoms. The number of hydrogen-bond acceptors (Lipinski definition) is 5. The Morgan fingerprint density at radius 3 is 2.55 bits per heavy atom. The van der Waals surface area contributed by atoms with E-state index in [0.29, 0.717) is 16.3 Å². The molecule has 1 unspecified atom stereocenters. The second kappa shape index (κ2) is 8.20. The Kier molecular flexibility index (Phi) is 5.44. The van der Waals surface area contributed by atoms with Gasteiger partial charge in [0.2, 0.25) is 0 Å². The molecule has 0 bridgehead atoms. The Hall–Kier alpha value is -3.71. The highest BCUT2D eigenvalue weighted by Gasteiger charge is 2.47. The lowest BCUT2D eigenvalue weighted by atomic mass is 9.95. The van der Waals surface area contributed by atoms with Crippen LogP contribution in [0, 0.1) is 5.82 Å². The Morgan fingerprint density at radius 1 is 1.16 bits per heavy atom. The number of rotatable bonds is 4. The van der Waals surface area contributed by atoms with E-state index in [0.717, 1.165) is 6.07 Å². The van der Waals surface area contributed by atoms with Crippen LogP contribution in [0.2, 0.25) is 5.02 Å². The first-order valence-electron chi connectivity index (χ1n) is 9.22. The van der Waals surface area contributed by atoms with Gasteiger partial charge in [-0.1, -0.05) is 17.7 Å². The highest BCUT2D eigenvalue weighted by molar-refractivity contribution is 6.51. The summed E-state index contributed by atoms with van der Waals surface area (Å²) in [6.07, 6.45) is 3.04. The van der Waals surface area contributed by atoms with Crippen LogP contribution in [0.15, 0.2) is 72.6 Å². The third kappa shape index (κ3) is 3.64. The Balaban J connectivity index is 1.97. The smallest absolute Gasteiger partial charge is 0.300 e. The van der Waals surface area contributed by atoms with E-state index in [1.165, 1.54) is 30.3 Å². The number of aliphatic hydroxyl groups is 1. The fourth-order valence-corrected chi connectivity index (χ4v) is 3.69. The highest BCUT2D eigenvalue weighted by atomic mass is 35.5. The lowest BCUT2D eigenvalue weighted by Crippen LogP contribution is -2.29. The summed E-state index contributed by atoms with van der Waals surface area (Å²) in [6, 6.07) is 12.3. The number of aliphatic hydroxyl groups excluding tert-OH is 1. The van der Waals surface area contributed by atoms with Crippen LogP contribution < -0.4 is 9.64 Å². The Morgan fingerprint density at radius 2 is 1.90 bits per heavy atom. The molecule has 0 aliphatic carbocycles. The van der Waals surface area contributed by atoms with Crippen LogP contribution in [0.1, 0.15) is 17.2 Å². The number of benzene rings is 2. The summed E-state index contributed by atoms with van der Waals surface area (Å²) in [4.78, 5) is 31.4. The number of ketones is 1. The van der Waals surface area contributed by atoms with E-state index in [-0.39, 0.29) is 16.9 Å². The molecule has 0 saturated carbocycles. The summed E-state index contributed by atoms with van der Waals surface area (Å²) >= 11 is 5.97. The van der Waals surface area contributed by atoms with Crippen molar-refractivity contribution in [1.82, 2.24) is 4.98 Å². The molecule has 1 aliphatic rings. The molecule has 6 nitrogen and oxygen atoms in total. The molecular formula is C23H16ClFN2O4. The lowest BCUT2D eigenvalue weighted by molar-refractivity contribution is -0.132. The van der Waals surface area contributed by atoms with Crippen molar-refractivity contribution in [2.75, 3.05) is 12.0 Å². The standard InChI is InChI=1S/C23H16ClFN2O4/c1-31-18-9-6-15(25)11-17(18)21(28)19-20(13-3-2-10-26-12-13)27(23(30)22(19)29)16-7-4-14(24)5-8-16/h2-12,20,28H,1H3/b21-19+. The van der Waals surface area contributed by atoms with E-state index >= 15 is 0 Å². The molecule has 0 radical (unpaired) electrons. The minimum Gasteiger partial charge on any atom is -0.507 e. The molecular weight excluding hydrogens is 423 g/mol. The van der Waals surface area contributed by atoms with E-state index in [1.807, 2.05) is 0 Å². The molecule has 31 heavy (non-hydrogen) atoms. The maximum absolute atomic E-state index is 13.9. The number of aromatic nitrogens is 1.